The van der Waals surface area contributed by atoms with Crippen LogP contribution in [0.1, 0.15) is 51.9 Å². The Morgan fingerprint density at radius 2 is 1.95 bits per heavy atom. The Hall–Kier alpha value is -0.130. The highest BCUT2D eigenvalue weighted by molar-refractivity contribution is 7.89. The second-order valence-electron chi connectivity index (χ2n) is 6.03. The van der Waals surface area contributed by atoms with Crippen LogP contribution in [0.3, 0.4) is 0 Å². The number of hydrogen-bond donors (Lipinski definition) is 1. The molecular weight excluding hydrogens is 260 g/mol. The molecule has 0 aromatic heterocycles. The molecule has 1 aliphatic carbocycles. The normalized spacial score (nSPS) is 26.3. The average Bonchev–Trinajstić information content (AvgIpc) is 3.16. The van der Waals surface area contributed by atoms with Crippen molar-refractivity contribution in [2.45, 2.75) is 57.9 Å². The second kappa shape index (κ2) is 7.04. The summed E-state index contributed by atoms with van der Waals surface area (Å²) in [7, 11) is -3.04. The van der Waals surface area contributed by atoms with E-state index in [9.17, 15) is 8.42 Å². The molecule has 19 heavy (non-hydrogen) atoms. The molecule has 1 N–H and O–H groups in total. The fourth-order valence-electron chi connectivity index (χ4n) is 2.92. The largest absolute Gasteiger partial charge is 0.313 e. The topological polar surface area (TPSA) is 49.4 Å². The summed E-state index contributed by atoms with van der Waals surface area (Å²) in [6, 6.07) is 0.591. The molecule has 0 spiro atoms. The lowest BCUT2D eigenvalue weighted by Gasteiger charge is -2.20. The molecule has 112 valence electrons. The van der Waals surface area contributed by atoms with E-state index < -0.39 is 10.0 Å². The summed E-state index contributed by atoms with van der Waals surface area (Å²) in [4.78, 5) is 0. The van der Waals surface area contributed by atoms with Crippen molar-refractivity contribution in [2.24, 2.45) is 5.92 Å². The van der Waals surface area contributed by atoms with Gasteiger partial charge >= 0.3 is 0 Å². The lowest BCUT2D eigenvalue weighted by molar-refractivity contribution is 0.399. The van der Waals surface area contributed by atoms with Gasteiger partial charge in [0.2, 0.25) is 10.0 Å². The molecule has 0 bridgehead atoms. The van der Waals surface area contributed by atoms with Crippen LogP contribution in [0.2, 0.25) is 0 Å². The first-order valence-electron chi connectivity index (χ1n) is 7.83. The summed E-state index contributed by atoms with van der Waals surface area (Å²) >= 11 is 0. The number of nitrogens with one attached hydrogen (secondary N) is 1. The van der Waals surface area contributed by atoms with Crippen LogP contribution < -0.4 is 5.32 Å². The average molecular weight is 288 g/mol. The minimum Gasteiger partial charge on any atom is -0.313 e. The minimum absolute atomic E-state index is 0.266. The van der Waals surface area contributed by atoms with Gasteiger partial charge in [0.15, 0.2) is 0 Å². The Balaban J connectivity index is 1.78. The Morgan fingerprint density at radius 1 is 1.16 bits per heavy atom. The van der Waals surface area contributed by atoms with Crippen molar-refractivity contribution >= 4 is 10.0 Å². The maximum atomic E-state index is 12.3. The van der Waals surface area contributed by atoms with Gasteiger partial charge in [0.05, 0.1) is 5.75 Å². The van der Waals surface area contributed by atoms with Gasteiger partial charge in [-0.25, -0.2) is 12.7 Å². The SMILES string of the molecule is CCCC1CCCN(S(=O)(=O)CCNC2CC2)CC1. The van der Waals surface area contributed by atoms with Gasteiger partial charge in [-0.2, -0.15) is 0 Å². The van der Waals surface area contributed by atoms with Gasteiger partial charge in [0.1, 0.15) is 0 Å². The van der Waals surface area contributed by atoms with Crippen LogP contribution in [0.5, 0.6) is 0 Å². The maximum absolute atomic E-state index is 12.3. The molecular formula is C14H28N2O2S. The zero-order valence-corrected chi connectivity index (χ0v) is 12.9. The maximum Gasteiger partial charge on any atom is 0.215 e. The van der Waals surface area contributed by atoms with E-state index in [1.165, 1.54) is 32.1 Å². The number of rotatable bonds is 7. The van der Waals surface area contributed by atoms with Gasteiger partial charge in [-0.15, -0.1) is 0 Å². The highest BCUT2D eigenvalue weighted by Gasteiger charge is 2.26. The van der Waals surface area contributed by atoms with E-state index >= 15 is 0 Å². The molecule has 1 atom stereocenters. The summed E-state index contributed by atoms with van der Waals surface area (Å²) in [5.41, 5.74) is 0. The van der Waals surface area contributed by atoms with Crippen LogP contribution in [-0.4, -0.2) is 44.2 Å². The van der Waals surface area contributed by atoms with Gasteiger partial charge in [0, 0.05) is 25.7 Å². The molecule has 5 heteroatoms. The van der Waals surface area contributed by atoms with E-state index in [0.29, 0.717) is 12.6 Å². The van der Waals surface area contributed by atoms with E-state index in [1.54, 1.807) is 4.31 Å². The quantitative estimate of drug-likeness (QED) is 0.779. The van der Waals surface area contributed by atoms with E-state index in [2.05, 4.69) is 12.2 Å². The second-order valence-corrected chi connectivity index (χ2v) is 8.12. The molecule has 4 nitrogen and oxygen atoms in total. The third-order valence-electron chi connectivity index (χ3n) is 4.27. The van der Waals surface area contributed by atoms with Crippen molar-refractivity contribution in [1.82, 2.24) is 9.62 Å². The van der Waals surface area contributed by atoms with Gasteiger partial charge in [-0.05, 0) is 38.0 Å². The van der Waals surface area contributed by atoms with Crippen LogP contribution in [0.25, 0.3) is 0 Å². The Bertz CT molecular complexity index is 366. The van der Waals surface area contributed by atoms with E-state index in [4.69, 9.17) is 0 Å². The highest BCUT2D eigenvalue weighted by Crippen LogP contribution is 2.23. The van der Waals surface area contributed by atoms with E-state index in [-0.39, 0.29) is 5.75 Å². The molecule has 0 aromatic carbocycles. The predicted molar refractivity (Wildman–Crippen MR) is 78.6 cm³/mol. The van der Waals surface area contributed by atoms with Crippen LogP contribution in [0, 0.1) is 5.92 Å². The van der Waals surface area contributed by atoms with Crippen molar-refractivity contribution in [3.63, 3.8) is 0 Å². The smallest absolute Gasteiger partial charge is 0.215 e. The molecule has 1 aliphatic heterocycles. The Kier molecular flexibility index (Phi) is 5.66. The lowest BCUT2D eigenvalue weighted by atomic mass is 9.96. The van der Waals surface area contributed by atoms with Gasteiger partial charge in [-0.3, -0.25) is 0 Å². The molecule has 1 saturated carbocycles. The summed E-state index contributed by atoms with van der Waals surface area (Å²) in [6.07, 6.45) is 8.15. The number of nitrogens with zero attached hydrogens (tertiary/aromatic N) is 1. The third-order valence-corrected chi connectivity index (χ3v) is 6.14. The monoisotopic (exact) mass is 288 g/mol. The van der Waals surface area contributed by atoms with Crippen molar-refractivity contribution in [3.05, 3.63) is 0 Å². The van der Waals surface area contributed by atoms with Crippen molar-refractivity contribution < 1.29 is 8.42 Å². The highest BCUT2D eigenvalue weighted by atomic mass is 32.2. The van der Waals surface area contributed by atoms with Crippen LogP contribution in [0.4, 0.5) is 0 Å². The Morgan fingerprint density at radius 3 is 2.63 bits per heavy atom. The molecule has 1 unspecified atom stereocenters. The van der Waals surface area contributed by atoms with Gasteiger partial charge in [0.25, 0.3) is 0 Å². The van der Waals surface area contributed by atoms with Crippen LogP contribution in [-0.2, 0) is 10.0 Å². The molecule has 1 heterocycles. The summed E-state index contributed by atoms with van der Waals surface area (Å²) in [5, 5.41) is 3.29. The first-order chi connectivity index (χ1) is 9.12. The fraction of sp³-hybridized carbons (Fsp3) is 1.00. The Labute approximate surface area is 118 Å². The third kappa shape index (κ3) is 5.04. The minimum atomic E-state index is -3.04. The van der Waals surface area contributed by atoms with Gasteiger partial charge in [-0.1, -0.05) is 19.8 Å². The first kappa shape index (κ1) is 15.3. The fourth-order valence-corrected chi connectivity index (χ4v) is 4.35. The van der Waals surface area contributed by atoms with E-state index in [0.717, 1.165) is 31.8 Å². The standard InChI is InChI=1S/C14H28N2O2S/c1-2-4-13-5-3-10-16(11-8-13)19(17,18)12-9-15-14-6-7-14/h13-15H,2-12H2,1H3. The summed E-state index contributed by atoms with van der Waals surface area (Å²) < 4.78 is 26.3. The molecule has 1 saturated heterocycles. The lowest BCUT2D eigenvalue weighted by Crippen LogP contribution is -2.37. The number of sulfonamides is 1. The van der Waals surface area contributed by atoms with Crippen molar-refractivity contribution in [2.75, 3.05) is 25.4 Å². The first-order valence-corrected chi connectivity index (χ1v) is 9.44. The molecule has 2 fully saturated rings. The molecule has 2 aliphatic rings. The molecule has 0 radical (unpaired) electrons. The predicted octanol–water partition coefficient (Wildman–Crippen LogP) is 1.97. The van der Waals surface area contributed by atoms with Crippen LogP contribution >= 0.6 is 0 Å². The summed E-state index contributed by atoms with van der Waals surface area (Å²) in [6.45, 7) is 4.28. The summed E-state index contributed by atoms with van der Waals surface area (Å²) in [5.74, 6) is 0.997. The molecule has 2 rings (SSSR count). The zero-order chi connectivity index (χ0) is 13.7. The number of hydrogen-bond acceptors (Lipinski definition) is 3. The van der Waals surface area contributed by atoms with Crippen LogP contribution in [0.15, 0.2) is 0 Å². The van der Waals surface area contributed by atoms with Crippen molar-refractivity contribution in [1.29, 1.82) is 0 Å². The molecule has 0 amide bonds. The zero-order valence-electron chi connectivity index (χ0n) is 12.1. The van der Waals surface area contributed by atoms with E-state index in [1.807, 2.05) is 0 Å². The van der Waals surface area contributed by atoms with Gasteiger partial charge < -0.3 is 5.32 Å². The molecule has 0 aromatic rings. The van der Waals surface area contributed by atoms with Crippen molar-refractivity contribution in [3.8, 4) is 0 Å².